The number of carbonyl (C=O) groups excluding carboxylic acids is 2. The molecule has 0 spiro atoms. The number of halogens is 2. The highest BCUT2D eigenvalue weighted by molar-refractivity contribution is 6.32. The molecular weight excluding hydrogens is 535 g/mol. The Hall–Kier alpha value is -4.81. The van der Waals surface area contributed by atoms with Crippen LogP contribution in [0.25, 0.3) is 22.5 Å². The fourth-order valence-corrected chi connectivity index (χ4v) is 3.43. The fraction of sp³-hybridized carbons (Fsp3) is 0.0417. The molecule has 0 aliphatic carbocycles. The number of nitrogens with one attached hydrogen (secondary N) is 1. The lowest BCUT2D eigenvalue weighted by Gasteiger charge is -2.08. The first-order valence-electron chi connectivity index (χ1n) is 10.5. The number of hydrogen-bond acceptors (Lipinski definition) is 11. The average molecular weight is 555 g/mol. The fourth-order valence-electron chi connectivity index (χ4n) is 2.96. The highest BCUT2D eigenvalue weighted by Crippen LogP contribution is 2.27. The maximum atomic E-state index is 11.6. The van der Waals surface area contributed by atoms with Crippen LogP contribution in [0.2, 0.25) is 10.3 Å². The van der Waals surface area contributed by atoms with Crippen molar-refractivity contribution >= 4 is 52.8 Å². The molecule has 7 N–H and O–H groups in total. The predicted octanol–water partition coefficient (Wildman–Crippen LogP) is 3.60. The summed E-state index contributed by atoms with van der Waals surface area (Å²) in [5.41, 5.74) is 18.2. The van der Waals surface area contributed by atoms with Crippen LogP contribution in [0.4, 0.5) is 11.6 Å². The molecular formula is C24H20Cl2N8O4. The monoisotopic (exact) mass is 554 g/mol. The van der Waals surface area contributed by atoms with Gasteiger partial charge in [0.1, 0.15) is 11.4 Å². The van der Waals surface area contributed by atoms with E-state index in [9.17, 15) is 9.59 Å². The van der Waals surface area contributed by atoms with Crippen LogP contribution >= 0.6 is 23.2 Å². The lowest BCUT2D eigenvalue weighted by molar-refractivity contribution is 0.0594. The predicted molar refractivity (Wildman–Crippen MR) is 142 cm³/mol. The highest BCUT2D eigenvalue weighted by Gasteiger charge is 2.20. The molecule has 194 valence electrons. The van der Waals surface area contributed by atoms with E-state index in [0.29, 0.717) is 17.0 Å². The van der Waals surface area contributed by atoms with Crippen molar-refractivity contribution in [3.63, 3.8) is 0 Å². The van der Waals surface area contributed by atoms with Crippen LogP contribution < -0.4 is 17.2 Å². The van der Waals surface area contributed by atoms with Crippen molar-refractivity contribution in [2.75, 3.05) is 18.6 Å². The zero-order chi connectivity index (χ0) is 27.8. The van der Waals surface area contributed by atoms with Crippen LogP contribution in [-0.2, 0) is 9.47 Å². The molecule has 0 aliphatic heterocycles. The molecule has 0 amide bonds. The zero-order valence-electron chi connectivity index (χ0n) is 19.7. The second-order valence-electron chi connectivity index (χ2n) is 7.17. The lowest BCUT2D eigenvalue weighted by Crippen LogP contribution is -2.21. The van der Waals surface area contributed by atoms with Crippen LogP contribution in [0.3, 0.4) is 0 Å². The molecule has 0 radical (unpaired) electrons. The summed E-state index contributed by atoms with van der Waals surface area (Å²) in [6, 6.07) is 17.5. The standard InChI is InChI=1S/C12H10ClN5O2.C12H10ClN3O2/c13-9-7(6-4-2-1-3-5-6)18-10(14)8(17-9)11(19)20-12(15)16;1-18-12(17)9-11(14)16-8(10(13)15-9)7-5-3-2-4-6-7/h1-5H,(H2,14,18)(H3,15,16);2-6H,1H3,(H2,14,16). The van der Waals surface area contributed by atoms with Crippen LogP contribution in [0.5, 0.6) is 0 Å². The van der Waals surface area contributed by atoms with Gasteiger partial charge in [0.05, 0.1) is 7.11 Å². The number of benzene rings is 2. The largest absolute Gasteiger partial charge is 0.464 e. The van der Waals surface area contributed by atoms with Crippen molar-refractivity contribution in [3.05, 3.63) is 82.4 Å². The van der Waals surface area contributed by atoms with Gasteiger partial charge in [-0.15, -0.1) is 0 Å². The van der Waals surface area contributed by atoms with Gasteiger partial charge in [0, 0.05) is 11.1 Å². The van der Waals surface area contributed by atoms with E-state index in [2.05, 4.69) is 29.4 Å². The number of nitrogens with zero attached hydrogens (tertiary/aromatic N) is 4. The summed E-state index contributed by atoms with van der Waals surface area (Å²) in [6.07, 6.45) is 0. The van der Waals surface area contributed by atoms with Crippen molar-refractivity contribution in [1.82, 2.24) is 19.9 Å². The number of rotatable bonds is 4. The number of nitrogens with two attached hydrogens (primary N) is 3. The molecule has 12 nitrogen and oxygen atoms in total. The summed E-state index contributed by atoms with van der Waals surface area (Å²) in [4.78, 5) is 38.9. The summed E-state index contributed by atoms with van der Waals surface area (Å²) < 4.78 is 8.94. The maximum Gasteiger partial charge on any atom is 0.368 e. The Morgan fingerprint density at radius 2 is 1.13 bits per heavy atom. The Morgan fingerprint density at radius 1 is 0.737 bits per heavy atom. The first-order chi connectivity index (χ1) is 18.1. The summed E-state index contributed by atoms with van der Waals surface area (Å²) in [7, 11) is 1.24. The van der Waals surface area contributed by atoms with E-state index in [0.717, 1.165) is 5.56 Å². The molecule has 4 rings (SSSR count). The number of esters is 2. The Labute approximate surface area is 226 Å². The van der Waals surface area contributed by atoms with E-state index in [4.69, 9.17) is 45.8 Å². The molecule has 2 aromatic heterocycles. The third kappa shape index (κ3) is 6.69. The Balaban J connectivity index is 0.000000212. The van der Waals surface area contributed by atoms with E-state index in [1.807, 2.05) is 48.5 Å². The van der Waals surface area contributed by atoms with Gasteiger partial charge in [-0.1, -0.05) is 83.9 Å². The summed E-state index contributed by atoms with van der Waals surface area (Å²) >= 11 is 12.0. The van der Waals surface area contributed by atoms with Gasteiger partial charge in [-0.05, 0) is 0 Å². The van der Waals surface area contributed by atoms with Gasteiger partial charge in [-0.3, -0.25) is 5.41 Å². The van der Waals surface area contributed by atoms with Gasteiger partial charge in [0.2, 0.25) is 0 Å². The minimum atomic E-state index is -0.982. The number of nitrogen functional groups attached to an aromatic ring is 2. The normalized spacial score (nSPS) is 10.1. The van der Waals surface area contributed by atoms with Gasteiger partial charge < -0.3 is 26.7 Å². The number of ether oxygens (including phenoxy) is 2. The number of methoxy groups -OCH3 is 1. The molecule has 0 bridgehead atoms. The van der Waals surface area contributed by atoms with Crippen LogP contribution in [-0.4, -0.2) is 45.0 Å². The molecule has 0 saturated carbocycles. The van der Waals surface area contributed by atoms with Crippen molar-refractivity contribution in [1.29, 1.82) is 5.41 Å². The molecule has 0 unspecified atom stereocenters. The van der Waals surface area contributed by atoms with Gasteiger partial charge >= 0.3 is 11.9 Å². The van der Waals surface area contributed by atoms with E-state index < -0.39 is 18.0 Å². The lowest BCUT2D eigenvalue weighted by atomic mass is 10.1. The minimum Gasteiger partial charge on any atom is -0.464 e. The minimum absolute atomic E-state index is 0.000835. The Kier molecular flexibility index (Phi) is 9.09. The molecule has 2 heterocycles. The van der Waals surface area contributed by atoms with Gasteiger partial charge in [0.25, 0.3) is 6.02 Å². The average Bonchev–Trinajstić information content (AvgIpc) is 2.91. The van der Waals surface area contributed by atoms with Crippen LogP contribution in [0.15, 0.2) is 60.7 Å². The third-order valence-corrected chi connectivity index (χ3v) is 5.16. The summed E-state index contributed by atoms with van der Waals surface area (Å²) in [6.45, 7) is 0. The van der Waals surface area contributed by atoms with Crippen molar-refractivity contribution in [2.45, 2.75) is 0 Å². The van der Waals surface area contributed by atoms with E-state index >= 15 is 0 Å². The van der Waals surface area contributed by atoms with Crippen LogP contribution in [0.1, 0.15) is 21.0 Å². The van der Waals surface area contributed by atoms with Gasteiger partial charge in [-0.25, -0.2) is 29.5 Å². The SMILES string of the molecule is COC(=O)c1nc(Cl)c(-c2ccccc2)nc1N.N=C(N)OC(=O)c1nc(Cl)c(-c2ccccc2)nc1N. The quantitative estimate of drug-likeness (QED) is 0.163. The van der Waals surface area contributed by atoms with Crippen LogP contribution in [0, 0.1) is 5.41 Å². The molecule has 0 saturated heterocycles. The van der Waals surface area contributed by atoms with E-state index in [-0.39, 0.29) is 33.3 Å². The van der Waals surface area contributed by atoms with Crippen molar-refractivity contribution in [2.24, 2.45) is 5.73 Å². The first kappa shape index (κ1) is 27.8. The third-order valence-electron chi connectivity index (χ3n) is 4.63. The Bertz CT molecular complexity index is 1490. The molecule has 0 fully saturated rings. The van der Waals surface area contributed by atoms with E-state index in [1.54, 1.807) is 12.1 Å². The molecule has 0 aliphatic rings. The number of aromatic nitrogens is 4. The number of anilines is 2. The zero-order valence-corrected chi connectivity index (χ0v) is 21.2. The first-order valence-corrected chi connectivity index (χ1v) is 11.3. The second kappa shape index (κ2) is 12.4. The molecule has 14 heteroatoms. The van der Waals surface area contributed by atoms with Crippen molar-refractivity contribution < 1.29 is 19.1 Å². The Morgan fingerprint density at radius 3 is 1.50 bits per heavy atom. The maximum absolute atomic E-state index is 11.6. The van der Waals surface area contributed by atoms with E-state index in [1.165, 1.54) is 7.11 Å². The van der Waals surface area contributed by atoms with Crippen molar-refractivity contribution in [3.8, 4) is 22.5 Å². The number of carbonyl (C=O) groups is 2. The molecule has 38 heavy (non-hydrogen) atoms. The number of amidine groups is 1. The number of hydrogen-bond donors (Lipinski definition) is 4. The molecule has 0 atom stereocenters. The second-order valence-corrected chi connectivity index (χ2v) is 7.89. The molecule has 2 aromatic carbocycles. The van der Waals surface area contributed by atoms with Gasteiger partial charge in [0.15, 0.2) is 33.3 Å². The topological polar surface area (TPSA) is 206 Å². The summed E-state index contributed by atoms with van der Waals surface area (Å²) in [5, 5.41) is 7.00. The smallest absolute Gasteiger partial charge is 0.368 e. The van der Waals surface area contributed by atoms with Gasteiger partial charge in [-0.2, -0.15) is 0 Å². The highest BCUT2D eigenvalue weighted by atomic mass is 35.5. The summed E-state index contributed by atoms with van der Waals surface area (Å²) in [5.74, 6) is -1.81. The molecule has 4 aromatic rings.